The lowest BCUT2D eigenvalue weighted by Gasteiger charge is -2.06. The summed E-state index contributed by atoms with van der Waals surface area (Å²) < 4.78 is 0. The smallest absolute Gasteiger partial charge is 0.143 e. The lowest BCUT2D eigenvalue weighted by atomic mass is 10.1. The topological polar surface area (TPSA) is 46.2 Å². The number of aryl methyl sites for hydroxylation is 1. The molecule has 1 rings (SSSR count). The number of rotatable bonds is 1. The van der Waals surface area contributed by atoms with Gasteiger partial charge in [-0.25, -0.2) is 0 Å². The number of halogens is 1. The number of phenols is 1. The van der Waals surface area contributed by atoms with Gasteiger partial charge >= 0.3 is 0 Å². The van der Waals surface area contributed by atoms with Crippen LogP contribution >= 0.6 is 11.6 Å². The number of nitrogens with two attached hydrogens (primary N) is 1. The molecule has 0 radical (unpaired) electrons. The van der Waals surface area contributed by atoms with Gasteiger partial charge in [0.15, 0.2) is 0 Å². The van der Waals surface area contributed by atoms with Crippen molar-refractivity contribution in [2.45, 2.75) is 12.8 Å². The molecule has 0 spiro atoms. The van der Waals surface area contributed by atoms with Gasteiger partial charge in [0, 0.05) is 5.56 Å². The van der Waals surface area contributed by atoms with Gasteiger partial charge in [0.05, 0.1) is 11.6 Å². The fourth-order valence-electron chi connectivity index (χ4n) is 0.924. The summed E-state index contributed by atoms with van der Waals surface area (Å²) in [4.78, 5) is 0. The second-order valence-corrected chi connectivity index (χ2v) is 2.70. The van der Waals surface area contributed by atoms with Gasteiger partial charge in [-0.2, -0.15) is 0 Å². The van der Waals surface area contributed by atoms with Gasteiger partial charge in [-0.05, 0) is 18.6 Å². The number of phenolic OH excluding ortho intramolecular Hbond substituents is 1. The van der Waals surface area contributed by atoms with E-state index in [1.807, 2.05) is 13.0 Å². The first-order valence-electron chi connectivity index (χ1n) is 3.29. The molecule has 11 heavy (non-hydrogen) atoms. The molecule has 0 aliphatic heterocycles. The molecule has 0 saturated heterocycles. The third-order valence-corrected chi connectivity index (χ3v) is 1.95. The number of aromatic hydroxyl groups is 1. The molecule has 0 aliphatic carbocycles. The van der Waals surface area contributed by atoms with E-state index >= 15 is 0 Å². The van der Waals surface area contributed by atoms with Crippen LogP contribution in [0.15, 0.2) is 12.1 Å². The van der Waals surface area contributed by atoms with Crippen molar-refractivity contribution in [2.75, 3.05) is 5.73 Å². The highest BCUT2D eigenvalue weighted by Crippen LogP contribution is 2.28. The SMILES string of the molecule is Cc1ccc(N)c(O)c1CCl. The van der Waals surface area contributed by atoms with Gasteiger partial charge in [0.25, 0.3) is 0 Å². The van der Waals surface area contributed by atoms with E-state index in [0.717, 1.165) is 5.56 Å². The maximum absolute atomic E-state index is 9.37. The number of anilines is 1. The number of alkyl halides is 1. The van der Waals surface area contributed by atoms with Crippen LogP contribution in [-0.2, 0) is 5.88 Å². The highest BCUT2D eigenvalue weighted by Gasteiger charge is 2.05. The molecule has 0 fully saturated rings. The Labute approximate surface area is 70.6 Å². The van der Waals surface area contributed by atoms with E-state index in [0.29, 0.717) is 17.1 Å². The van der Waals surface area contributed by atoms with Crippen LogP contribution in [0.1, 0.15) is 11.1 Å². The van der Waals surface area contributed by atoms with Gasteiger partial charge in [-0.1, -0.05) is 6.07 Å². The van der Waals surface area contributed by atoms with Crippen molar-refractivity contribution in [3.63, 3.8) is 0 Å². The molecule has 3 heteroatoms. The van der Waals surface area contributed by atoms with Crippen LogP contribution in [0.2, 0.25) is 0 Å². The van der Waals surface area contributed by atoms with Crippen LogP contribution in [-0.4, -0.2) is 5.11 Å². The standard InChI is InChI=1S/C8H10ClNO/c1-5-2-3-7(10)8(11)6(5)4-9/h2-3,11H,4,10H2,1H3. The average molecular weight is 172 g/mol. The van der Waals surface area contributed by atoms with Crippen molar-refractivity contribution in [3.8, 4) is 5.75 Å². The average Bonchev–Trinajstić information content (AvgIpc) is 1.99. The maximum Gasteiger partial charge on any atom is 0.143 e. The molecule has 0 bridgehead atoms. The van der Waals surface area contributed by atoms with Crippen LogP contribution in [0.3, 0.4) is 0 Å². The van der Waals surface area contributed by atoms with Crippen LogP contribution in [0.4, 0.5) is 5.69 Å². The van der Waals surface area contributed by atoms with E-state index < -0.39 is 0 Å². The summed E-state index contributed by atoms with van der Waals surface area (Å²) in [6, 6.07) is 3.51. The van der Waals surface area contributed by atoms with Crippen LogP contribution in [0.5, 0.6) is 5.75 Å². The molecule has 60 valence electrons. The molecule has 0 amide bonds. The van der Waals surface area contributed by atoms with Gasteiger partial charge in [0.1, 0.15) is 5.75 Å². The van der Waals surface area contributed by atoms with E-state index in [-0.39, 0.29) is 5.75 Å². The van der Waals surface area contributed by atoms with Gasteiger partial charge in [-0.15, -0.1) is 11.6 Å². The second-order valence-electron chi connectivity index (χ2n) is 2.43. The molecule has 0 atom stereocenters. The summed E-state index contributed by atoms with van der Waals surface area (Å²) >= 11 is 5.59. The van der Waals surface area contributed by atoms with Crippen molar-refractivity contribution < 1.29 is 5.11 Å². The molecule has 2 nitrogen and oxygen atoms in total. The minimum absolute atomic E-state index is 0.111. The zero-order chi connectivity index (χ0) is 8.43. The summed E-state index contributed by atoms with van der Waals surface area (Å²) in [5.41, 5.74) is 7.52. The zero-order valence-corrected chi connectivity index (χ0v) is 7.02. The van der Waals surface area contributed by atoms with E-state index in [2.05, 4.69) is 0 Å². The Balaban J connectivity index is 3.29. The van der Waals surface area contributed by atoms with Crippen molar-refractivity contribution in [3.05, 3.63) is 23.3 Å². The quantitative estimate of drug-likeness (QED) is 0.386. The molecule has 0 saturated carbocycles. The second kappa shape index (κ2) is 3.01. The summed E-state index contributed by atoms with van der Waals surface area (Å²) in [6.07, 6.45) is 0. The van der Waals surface area contributed by atoms with Gasteiger partial charge < -0.3 is 10.8 Å². The number of benzene rings is 1. The Bertz CT molecular complexity index is 273. The molecule has 0 aliphatic rings. The van der Waals surface area contributed by atoms with Crippen LogP contribution in [0.25, 0.3) is 0 Å². The van der Waals surface area contributed by atoms with E-state index in [4.69, 9.17) is 17.3 Å². The maximum atomic E-state index is 9.37. The lowest BCUT2D eigenvalue weighted by molar-refractivity contribution is 0.472. The Morgan fingerprint density at radius 3 is 2.64 bits per heavy atom. The molecule has 3 N–H and O–H groups in total. The Kier molecular flexibility index (Phi) is 2.25. The van der Waals surface area contributed by atoms with Gasteiger partial charge in [-0.3, -0.25) is 0 Å². The Hall–Kier alpha value is -0.890. The zero-order valence-electron chi connectivity index (χ0n) is 6.26. The van der Waals surface area contributed by atoms with E-state index in [1.165, 1.54) is 0 Å². The van der Waals surface area contributed by atoms with Gasteiger partial charge in [0.2, 0.25) is 0 Å². The number of hydrogen-bond acceptors (Lipinski definition) is 2. The van der Waals surface area contributed by atoms with Crippen LogP contribution in [0, 0.1) is 6.92 Å². The fraction of sp³-hybridized carbons (Fsp3) is 0.250. The highest BCUT2D eigenvalue weighted by atomic mass is 35.5. The molecular weight excluding hydrogens is 162 g/mol. The third kappa shape index (κ3) is 1.40. The molecule has 0 heterocycles. The predicted molar refractivity (Wildman–Crippen MR) is 46.8 cm³/mol. The van der Waals surface area contributed by atoms with Crippen molar-refractivity contribution >= 4 is 17.3 Å². The monoisotopic (exact) mass is 171 g/mol. The summed E-state index contributed by atoms with van der Waals surface area (Å²) in [7, 11) is 0. The van der Waals surface area contributed by atoms with Crippen LogP contribution < -0.4 is 5.73 Å². The minimum Gasteiger partial charge on any atom is -0.505 e. The van der Waals surface area contributed by atoms with Crippen molar-refractivity contribution in [1.82, 2.24) is 0 Å². The predicted octanol–water partition coefficient (Wildman–Crippen LogP) is 2.02. The lowest BCUT2D eigenvalue weighted by Crippen LogP contribution is -1.91. The molecule has 1 aromatic carbocycles. The number of nitrogen functional groups attached to an aromatic ring is 1. The summed E-state index contributed by atoms with van der Waals surface area (Å²) in [6.45, 7) is 1.89. The first-order valence-corrected chi connectivity index (χ1v) is 3.83. The first-order chi connectivity index (χ1) is 5.16. The minimum atomic E-state index is 0.111. The molecule has 0 aromatic heterocycles. The van der Waals surface area contributed by atoms with E-state index in [9.17, 15) is 5.11 Å². The Morgan fingerprint density at radius 1 is 1.55 bits per heavy atom. The fourth-order valence-corrected chi connectivity index (χ4v) is 1.26. The molecular formula is C8H10ClNO. The highest BCUT2D eigenvalue weighted by molar-refractivity contribution is 6.17. The molecule has 1 aromatic rings. The van der Waals surface area contributed by atoms with E-state index in [1.54, 1.807) is 6.07 Å². The third-order valence-electron chi connectivity index (χ3n) is 1.68. The molecule has 0 unspecified atom stereocenters. The van der Waals surface area contributed by atoms with Crippen molar-refractivity contribution in [1.29, 1.82) is 0 Å². The normalized spacial score (nSPS) is 10.0. The summed E-state index contributed by atoms with van der Waals surface area (Å²) in [5, 5.41) is 9.37. The van der Waals surface area contributed by atoms with Crippen molar-refractivity contribution in [2.24, 2.45) is 0 Å². The number of hydrogen-bond donors (Lipinski definition) is 2. The largest absolute Gasteiger partial charge is 0.505 e. The summed E-state index contributed by atoms with van der Waals surface area (Å²) in [5.74, 6) is 0.405. The Morgan fingerprint density at radius 2 is 2.18 bits per heavy atom. The first kappa shape index (κ1) is 8.21.